The van der Waals surface area contributed by atoms with Gasteiger partial charge in [0.15, 0.2) is 0 Å². The quantitative estimate of drug-likeness (QED) is 0.349. The van der Waals surface area contributed by atoms with Crippen molar-refractivity contribution in [2.75, 3.05) is 26.0 Å². The maximum absolute atomic E-state index is 15.2. The van der Waals surface area contributed by atoms with Crippen molar-refractivity contribution in [3.63, 3.8) is 0 Å². The molecule has 0 bridgehead atoms. The Morgan fingerprint density at radius 3 is 2.59 bits per heavy atom. The maximum atomic E-state index is 15.2. The number of halogens is 1. The van der Waals surface area contributed by atoms with Crippen LogP contribution in [0.3, 0.4) is 0 Å². The number of hydrogen-bond donors (Lipinski definition) is 2. The fraction of sp³-hybridized carbons (Fsp3) is 0.387. The SMILES string of the molecule is C=C1/C(F)=C\C=C(\c2c(C)cc(OCCNS(C)(=O)=O)cc2C)CCC[C@H]1Oc1ccc2c(c1)OC[C@H]2CC(=O)O. The van der Waals surface area contributed by atoms with Crippen molar-refractivity contribution in [3.8, 4) is 17.2 Å². The fourth-order valence-electron chi connectivity index (χ4n) is 5.29. The van der Waals surface area contributed by atoms with E-state index in [0.29, 0.717) is 36.7 Å². The summed E-state index contributed by atoms with van der Waals surface area (Å²) in [5.41, 5.74) is 5.05. The van der Waals surface area contributed by atoms with Crippen molar-refractivity contribution in [1.29, 1.82) is 0 Å². The second-order valence-electron chi connectivity index (χ2n) is 10.5. The molecule has 4 rings (SSSR count). The third-order valence-electron chi connectivity index (χ3n) is 7.17. The van der Waals surface area contributed by atoms with Crippen LogP contribution in [0.4, 0.5) is 4.39 Å². The predicted octanol–water partition coefficient (Wildman–Crippen LogP) is 5.61. The Hall–Kier alpha value is -3.63. The van der Waals surface area contributed by atoms with Gasteiger partial charge in [0, 0.05) is 29.7 Å². The van der Waals surface area contributed by atoms with Crippen molar-refractivity contribution in [2.45, 2.75) is 51.6 Å². The molecular weight excluding hydrogens is 549 g/mol. The molecule has 10 heteroatoms. The number of fused-ring (bicyclic) bond motifs is 1. The number of hydrogen-bond acceptors (Lipinski definition) is 6. The number of sulfonamides is 1. The molecule has 0 saturated carbocycles. The first-order chi connectivity index (χ1) is 19.4. The van der Waals surface area contributed by atoms with Gasteiger partial charge in [0.2, 0.25) is 10.0 Å². The number of rotatable bonds is 10. The Morgan fingerprint density at radius 2 is 1.90 bits per heavy atom. The molecule has 0 unspecified atom stereocenters. The smallest absolute Gasteiger partial charge is 0.304 e. The molecule has 2 aromatic rings. The van der Waals surface area contributed by atoms with E-state index in [-0.39, 0.29) is 31.1 Å². The average molecular weight is 586 g/mol. The molecule has 2 N–H and O–H groups in total. The molecule has 2 aliphatic rings. The zero-order valence-corrected chi connectivity index (χ0v) is 24.4. The van der Waals surface area contributed by atoms with Gasteiger partial charge in [-0.1, -0.05) is 18.7 Å². The molecule has 220 valence electrons. The summed E-state index contributed by atoms with van der Waals surface area (Å²) in [5, 5.41) is 9.13. The van der Waals surface area contributed by atoms with Gasteiger partial charge in [0.1, 0.15) is 35.8 Å². The highest BCUT2D eigenvalue weighted by Crippen LogP contribution is 2.39. The van der Waals surface area contributed by atoms with E-state index >= 15 is 4.39 Å². The molecule has 2 atom stereocenters. The third-order valence-corrected chi connectivity index (χ3v) is 7.89. The number of benzene rings is 2. The molecule has 0 saturated heterocycles. The zero-order valence-electron chi connectivity index (χ0n) is 23.5. The minimum absolute atomic E-state index is 0.00443. The average Bonchev–Trinajstić information content (AvgIpc) is 3.29. The first kappa shape index (κ1) is 30.3. The van der Waals surface area contributed by atoms with Crippen LogP contribution in [-0.4, -0.2) is 51.6 Å². The maximum Gasteiger partial charge on any atom is 0.304 e. The Morgan fingerprint density at radius 1 is 1.17 bits per heavy atom. The number of carbonyl (C=O) groups is 1. The van der Waals surface area contributed by atoms with Crippen molar-refractivity contribution >= 4 is 21.6 Å². The number of allylic oxidation sites excluding steroid dienone is 3. The van der Waals surface area contributed by atoms with Crippen LogP contribution in [0.25, 0.3) is 5.57 Å². The number of carboxylic acid groups (broad SMARTS) is 1. The van der Waals surface area contributed by atoms with Gasteiger partial charge in [0.05, 0.1) is 19.3 Å². The van der Waals surface area contributed by atoms with Crippen LogP contribution >= 0.6 is 0 Å². The fourth-order valence-corrected chi connectivity index (χ4v) is 5.75. The number of nitrogens with one attached hydrogen (secondary N) is 1. The highest BCUT2D eigenvalue weighted by Gasteiger charge is 2.28. The number of aliphatic carboxylic acids is 1. The van der Waals surface area contributed by atoms with Crippen LogP contribution in [0.2, 0.25) is 0 Å². The Labute approximate surface area is 240 Å². The minimum Gasteiger partial charge on any atom is -0.492 e. The van der Waals surface area contributed by atoms with Gasteiger partial charge >= 0.3 is 5.97 Å². The molecule has 1 heterocycles. The summed E-state index contributed by atoms with van der Waals surface area (Å²) in [6, 6.07) is 9.11. The highest BCUT2D eigenvalue weighted by atomic mass is 32.2. The van der Waals surface area contributed by atoms with Crippen molar-refractivity contribution < 1.29 is 36.9 Å². The summed E-state index contributed by atoms with van der Waals surface area (Å²) >= 11 is 0. The molecule has 41 heavy (non-hydrogen) atoms. The molecule has 0 radical (unpaired) electrons. The van der Waals surface area contributed by atoms with Gasteiger partial charge in [-0.25, -0.2) is 17.5 Å². The topological polar surface area (TPSA) is 111 Å². The van der Waals surface area contributed by atoms with Gasteiger partial charge in [-0.15, -0.1) is 0 Å². The van der Waals surface area contributed by atoms with E-state index in [1.54, 1.807) is 18.2 Å². The Bertz CT molecular complexity index is 1470. The summed E-state index contributed by atoms with van der Waals surface area (Å²) in [6.45, 7) is 8.59. The van der Waals surface area contributed by atoms with E-state index < -0.39 is 27.9 Å². The van der Waals surface area contributed by atoms with E-state index in [1.165, 1.54) is 6.08 Å². The molecule has 1 aliphatic heterocycles. The van der Waals surface area contributed by atoms with Gasteiger partial charge in [-0.2, -0.15) is 0 Å². The molecule has 0 fully saturated rings. The first-order valence-electron chi connectivity index (χ1n) is 13.5. The molecule has 0 amide bonds. The lowest BCUT2D eigenvalue weighted by Crippen LogP contribution is -2.26. The van der Waals surface area contributed by atoms with E-state index in [9.17, 15) is 13.2 Å². The van der Waals surface area contributed by atoms with Crippen LogP contribution < -0.4 is 18.9 Å². The zero-order chi connectivity index (χ0) is 29.7. The summed E-state index contributed by atoms with van der Waals surface area (Å²) < 4.78 is 57.7. The van der Waals surface area contributed by atoms with Crippen molar-refractivity contribution in [2.24, 2.45) is 0 Å². The van der Waals surface area contributed by atoms with E-state index in [0.717, 1.165) is 40.5 Å². The lowest BCUT2D eigenvalue weighted by atomic mass is 9.91. The molecule has 8 nitrogen and oxygen atoms in total. The van der Waals surface area contributed by atoms with E-state index in [4.69, 9.17) is 19.3 Å². The van der Waals surface area contributed by atoms with Crippen molar-refractivity contribution in [3.05, 3.63) is 82.7 Å². The van der Waals surface area contributed by atoms with Crippen molar-refractivity contribution in [1.82, 2.24) is 4.72 Å². The monoisotopic (exact) mass is 585 g/mol. The van der Waals surface area contributed by atoms with Crippen LogP contribution in [0, 0.1) is 13.8 Å². The van der Waals surface area contributed by atoms with Crippen LogP contribution in [0.1, 0.15) is 53.9 Å². The third kappa shape index (κ3) is 7.98. The Kier molecular flexibility index (Phi) is 9.55. The Balaban J connectivity index is 1.44. The molecule has 0 aromatic heterocycles. The van der Waals surface area contributed by atoms with E-state index in [1.807, 2.05) is 32.0 Å². The van der Waals surface area contributed by atoms with Gasteiger partial charge in [0.25, 0.3) is 0 Å². The summed E-state index contributed by atoms with van der Waals surface area (Å²) in [6.07, 6.45) is 5.71. The second kappa shape index (κ2) is 12.9. The minimum atomic E-state index is -3.28. The molecule has 0 spiro atoms. The number of carboxylic acids is 1. The van der Waals surface area contributed by atoms with Gasteiger partial charge in [-0.05, 0) is 79.6 Å². The summed E-state index contributed by atoms with van der Waals surface area (Å²) in [4.78, 5) is 11.1. The van der Waals surface area contributed by atoms with E-state index in [2.05, 4.69) is 11.3 Å². The largest absolute Gasteiger partial charge is 0.492 e. The first-order valence-corrected chi connectivity index (χ1v) is 15.4. The number of ether oxygens (including phenoxy) is 3. The lowest BCUT2D eigenvalue weighted by molar-refractivity contribution is -0.137. The number of aryl methyl sites for hydroxylation is 2. The summed E-state index contributed by atoms with van der Waals surface area (Å²) in [5.74, 6) is 0.206. The highest BCUT2D eigenvalue weighted by molar-refractivity contribution is 7.88. The standard InChI is InChI=1S/C31H36FNO7S/c1-19-14-25(38-13-12-33-41(4,36)37)15-20(2)31(19)22-6-5-7-28(21(3)27(32)11-8-22)40-24-9-10-26-23(16-30(34)35)18-39-29(26)17-24/h8-11,14-15,17,23,28,33H,3,5-7,12-13,16,18H2,1-2,4H3,(H,34,35)/b22-8+,27-11+/t23-,28-/m1/s1. The van der Waals surface area contributed by atoms with Gasteiger partial charge < -0.3 is 19.3 Å². The summed E-state index contributed by atoms with van der Waals surface area (Å²) in [7, 11) is -3.28. The van der Waals surface area contributed by atoms with Crippen LogP contribution in [0.5, 0.6) is 17.2 Å². The van der Waals surface area contributed by atoms with Crippen LogP contribution in [-0.2, 0) is 14.8 Å². The predicted molar refractivity (Wildman–Crippen MR) is 156 cm³/mol. The lowest BCUT2D eigenvalue weighted by Gasteiger charge is -2.21. The van der Waals surface area contributed by atoms with Gasteiger partial charge in [-0.3, -0.25) is 4.79 Å². The normalized spacial score (nSPS) is 21.7. The van der Waals surface area contributed by atoms with Crippen LogP contribution in [0.15, 0.2) is 60.5 Å². The molecule has 2 aromatic carbocycles. The second-order valence-corrected chi connectivity index (χ2v) is 12.3. The molecule has 1 aliphatic carbocycles. The molecular formula is C31H36FNO7S.